The Hall–Kier alpha value is -6.07. The molecule has 6 aromatic carbocycles. The van der Waals surface area contributed by atoms with E-state index in [4.69, 9.17) is 94.2 Å². The highest BCUT2D eigenvalue weighted by Gasteiger charge is 2.23. The molecule has 8 rings (SSSR count). The molecule has 2 N–H and O–H groups in total. The number of benzene rings is 6. The molecular weight excluding hydrogens is 731 g/mol. The number of rotatable bonds is 8. The summed E-state index contributed by atoms with van der Waals surface area (Å²) in [5.41, 5.74) is 12.6. The highest BCUT2D eigenvalue weighted by molar-refractivity contribution is 6.70. The van der Waals surface area contributed by atoms with Gasteiger partial charge in [0.15, 0.2) is 5.84 Å². The molecular formula is C46H27B10N5. The number of nitrogens with two attached hydrogens (primary N) is 1. The van der Waals surface area contributed by atoms with Crippen LogP contribution in [0.5, 0.6) is 0 Å². The van der Waals surface area contributed by atoms with E-state index < -0.39 is 0 Å². The van der Waals surface area contributed by atoms with E-state index >= 15 is 0 Å². The van der Waals surface area contributed by atoms with Crippen molar-refractivity contribution in [1.82, 2.24) is 9.13 Å². The van der Waals surface area contributed by atoms with Gasteiger partial charge in [-0.05, 0) is 30.7 Å². The predicted molar refractivity (Wildman–Crippen MR) is 271 cm³/mol. The Kier molecular flexibility index (Phi) is 11.4. The van der Waals surface area contributed by atoms with Gasteiger partial charge in [-0.3, -0.25) is 0 Å². The second-order valence-electron chi connectivity index (χ2n) is 14.5. The van der Waals surface area contributed by atoms with Crippen molar-refractivity contribution in [3.05, 3.63) is 132 Å². The summed E-state index contributed by atoms with van der Waals surface area (Å²) in [5, 5.41) is 4.13. The fourth-order valence-corrected chi connectivity index (χ4v) is 7.91. The Bertz CT molecular complexity index is 3210. The predicted octanol–water partition coefficient (Wildman–Crippen LogP) is -1.22. The normalized spacial score (nSPS) is 12.8. The summed E-state index contributed by atoms with van der Waals surface area (Å²) in [6.07, 6.45) is 12.1. The molecule has 0 aliphatic carbocycles. The largest absolute Gasteiger partial charge is 0.383 e. The van der Waals surface area contributed by atoms with E-state index in [1.165, 1.54) is 0 Å². The summed E-state index contributed by atoms with van der Waals surface area (Å²) in [5.74, 6) is -0.242. The van der Waals surface area contributed by atoms with Gasteiger partial charge in [0.1, 0.15) is 91.0 Å². The molecule has 2 heterocycles. The minimum atomic E-state index is -0.199. The highest BCUT2D eigenvalue weighted by atomic mass is 15.1. The molecule has 0 spiro atoms. The lowest BCUT2D eigenvalue weighted by Gasteiger charge is -2.23. The van der Waals surface area contributed by atoms with Gasteiger partial charge in [0, 0.05) is 32.7 Å². The molecule has 0 fully saturated rings. The van der Waals surface area contributed by atoms with Crippen molar-refractivity contribution in [3.8, 4) is 5.69 Å². The van der Waals surface area contributed by atoms with E-state index in [9.17, 15) is 0 Å². The highest BCUT2D eigenvalue weighted by Crippen LogP contribution is 2.41. The molecule has 61 heavy (non-hydrogen) atoms. The molecule has 0 unspecified atom stereocenters. The first-order valence-corrected chi connectivity index (χ1v) is 19.3. The van der Waals surface area contributed by atoms with Crippen molar-refractivity contribution in [1.29, 1.82) is 0 Å². The second kappa shape index (κ2) is 16.8. The molecule has 15 heteroatoms. The lowest BCUT2D eigenvalue weighted by molar-refractivity contribution is 0.792. The molecule has 0 aliphatic rings. The summed E-state index contributed by atoms with van der Waals surface area (Å²) in [7, 11) is 63.6. The van der Waals surface area contributed by atoms with Crippen molar-refractivity contribution >= 4 is 194 Å². The van der Waals surface area contributed by atoms with Crippen molar-refractivity contribution < 1.29 is 0 Å². The second-order valence-corrected chi connectivity index (χ2v) is 14.5. The van der Waals surface area contributed by atoms with E-state index in [0.717, 1.165) is 54.9 Å². The van der Waals surface area contributed by atoms with Gasteiger partial charge < -0.3 is 14.9 Å². The number of para-hydroxylation sites is 3. The van der Waals surface area contributed by atoms with E-state index in [1.807, 2.05) is 79.8 Å². The zero-order valence-electron chi connectivity index (χ0n) is 33.4. The van der Waals surface area contributed by atoms with Crippen LogP contribution in [0.3, 0.4) is 0 Å². The number of hydrogen-bond donors (Lipinski definition) is 1. The smallest absolute Gasteiger partial charge is 0.157 e. The SMILES string of the molecule is [B]c1c([B])c([B])c(C(N)=NC(=NCn2c3ccccc3c3ccc4c5ccccc5n(-c5ccccc5/C=C/C=C\C=C/C)c4c32)c2c([B])c([B])c([B])c([B])c2[B])c([B])c1[B]. The third kappa shape index (κ3) is 7.02. The first-order chi connectivity index (χ1) is 29.4. The Morgan fingerprint density at radius 1 is 0.525 bits per heavy atom. The van der Waals surface area contributed by atoms with Gasteiger partial charge in [-0.15, -0.1) is 32.8 Å². The molecule has 0 aliphatic heterocycles. The van der Waals surface area contributed by atoms with Crippen molar-refractivity contribution in [2.45, 2.75) is 13.6 Å². The summed E-state index contributed by atoms with van der Waals surface area (Å²) in [6.45, 7) is 1.96. The van der Waals surface area contributed by atoms with Crippen LogP contribution in [-0.4, -0.2) is 99.3 Å². The van der Waals surface area contributed by atoms with Crippen LogP contribution in [0.2, 0.25) is 0 Å². The first kappa shape index (κ1) is 41.7. The minimum absolute atomic E-state index is 0.00343. The third-order valence-electron chi connectivity index (χ3n) is 11.0. The summed E-state index contributed by atoms with van der Waals surface area (Å²) < 4.78 is 4.42. The number of nitrogens with zero attached hydrogens (tertiary/aromatic N) is 4. The van der Waals surface area contributed by atoms with Crippen molar-refractivity contribution in [3.63, 3.8) is 0 Å². The van der Waals surface area contributed by atoms with Gasteiger partial charge >= 0.3 is 0 Å². The number of aliphatic imine (C=N–C) groups is 2. The molecule has 0 atom stereocenters. The number of amidine groups is 2. The number of allylic oxidation sites excluding steroid dienone is 5. The van der Waals surface area contributed by atoms with Gasteiger partial charge in [-0.25, -0.2) is 9.98 Å². The van der Waals surface area contributed by atoms with Crippen LogP contribution >= 0.6 is 0 Å². The average molecular weight is 758 g/mol. The monoisotopic (exact) mass is 759 g/mol. The molecule has 0 bridgehead atoms. The first-order valence-electron chi connectivity index (χ1n) is 19.3. The summed E-state index contributed by atoms with van der Waals surface area (Å²) in [6, 6.07) is 29.1. The molecule has 0 saturated carbocycles. The Balaban J connectivity index is 1.45. The van der Waals surface area contributed by atoms with Crippen LogP contribution < -0.4 is 60.4 Å². The fourth-order valence-electron chi connectivity index (χ4n) is 7.91. The maximum atomic E-state index is 6.70. The van der Waals surface area contributed by atoms with Crippen LogP contribution in [0.4, 0.5) is 0 Å². The Morgan fingerprint density at radius 2 is 1.02 bits per heavy atom. The zero-order chi connectivity index (χ0) is 43.3. The molecule has 266 valence electrons. The van der Waals surface area contributed by atoms with Crippen LogP contribution in [0.25, 0.3) is 55.4 Å². The van der Waals surface area contributed by atoms with Crippen molar-refractivity contribution in [2.24, 2.45) is 15.7 Å². The summed E-state index contributed by atoms with van der Waals surface area (Å²) in [4.78, 5) is 9.85. The fraction of sp³-hybridized carbons (Fsp3) is 0.0435. The van der Waals surface area contributed by atoms with Crippen LogP contribution in [0, 0.1) is 0 Å². The Morgan fingerprint density at radius 3 is 1.64 bits per heavy atom. The standard InChI is InChI=1S/C46H27B10N5/c1-2-3-4-5-6-13-23-14-7-10-17-28(23)61-30-19-12-9-16-25(30)27-21-20-26-24-15-8-11-18-29(24)60(43(26)44(27)61)22-58-46(32-35(49)39(53)42(56)40(54)36(32)50)59-45(57)31-33(47)37(51)41(55)38(52)34(31)48/h2-21H,22H2,1H3,(H2,57,58,59)/b3-2-,5-4-,13-6+. The van der Waals surface area contributed by atoms with Gasteiger partial charge in [0.05, 0.1) is 27.8 Å². The number of aromatic nitrogens is 2. The van der Waals surface area contributed by atoms with E-state index in [0.29, 0.717) is 0 Å². The van der Waals surface area contributed by atoms with E-state index in [1.54, 1.807) is 0 Å². The molecule has 8 aromatic rings. The maximum absolute atomic E-state index is 6.70. The van der Waals surface area contributed by atoms with Gasteiger partial charge in [-0.1, -0.05) is 125 Å². The van der Waals surface area contributed by atoms with Crippen LogP contribution in [0.1, 0.15) is 23.6 Å². The van der Waals surface area contributed by atoms with Gasteiger partial charge in [-0.2, -0.15) is 0 Å². The number of hydrogen-bond acceptors (Lipinski definition) is 1. The van der Waals surface area contributed by atoms with E-state index in [-0.39, 0.29) is 84.1 Å². The third-order valence-corrected chi connectivity index (χ3v) is 11.0. The molecule has 0 saturated heterocycles. The minimum Gasteiger partial charge on any atom is -0.383 e. The number of fused-ring (bicyclic) bond motifs is 7. The lowest BCUT2D eigenvalue weighted by atomic mass is 9.60. The molecule has 5 nitrogen and oxygen atoms in total. The van der Waals surface area contributed by atoms with Crippen LogP contribution in [-0.2, 0) is 6.67 Å². The topological polar surface area (TPSA) is 60.6 Å². The quantitative estimate of drug-likeness (QED) is 0.0901. The molecule has 20 radical (unpaired) electrons. The average Bonchev–Trinajstić information content (AvgIpc) is 3.78. The Labute approximate surface area is 368 Å². The summed E-state index contributed by atoms with van der Waals surface area (Å²) >= 11 is 0. The van der Waals surface area contributed by atoms with Gasteiger partial charge in [0.25, 0.3) is 0 Å². The van der Waals surface area contributed by atoms with Gasteiger partial charge in [0.2, 0.25) is 0 Å². The lowest BCUT2D eigenvalue weighted by Crippen LogP contribution is -2.58. The van der Waals surface area contributed by atoms with Crippen LogP contribution in [0.15, 0.2) is 125 Å². The molecule has 0 amide bonds. The van der Waals surface area contributed by atoms with E-state index in [2.05, 4.69) is 57.7 Å². The maximum Gasteiger partial charge on any atom is 0.157 e. The molecule has 2 aromatic heterocycles. The van der Waals surface area contributed by atoms with Crippen molar-refractivity contribution in [2.75, 3.05) is 0 Å². The zero-order valence-corrected chi connectivity index (χ0v) is 33.4.